The summed E-state index contributed by atoms with van der Waals surface area (Å²) in [4.78, 5) is 24.0. The van der Waals surface area contributed by atoms with Crippen LogP contribution in [-0.4, -0.2) is 16.9 Å². The minimum Gasteiger partial charge on any atom is -0.478 e. The fourth-order valence-corrected chi connectivity index (χ4v) is 4.07. The summed E-state index contributed by atoms with van der Waals surface area (Å²) in [5.74, 6) is -1.03. The Balaban J connectivity index is 2.07. The molecule has 0 radical (unpaired) electrons. The molecule has 28 heavy (non-hydrogen) atoms. The molecule has 0 saturated heterocycles. The number of carboxylic acids is 1. The van der Waals surface area contributed by atoms with E-state index in [9.17, 15) is 9.59 Å². The Bertz CT molecular complexity index is 977. The summed E-state index contributed by atoms with van der Waals surface area (Å²) >= 11 is 0. The van der Waals surface area contributed by atoms with E-state index in [1.165, 1.54) is 17.2 Å². The first-order chi connectivity index (χ1) is 13.0. The SMILES string of the molecule is Cc1cc2c(cc1C(=O)c1cccc(C=CC(=O)O)c1)C(C)(C)CCC2(C)C. The minimum atomic E-state index is -1.01. The predicted octanol–water partition coefficient (Wildman–Crippen LogP) is 5.67. The highest BCUT2D eigenvalue weighted by atomic mass is 16.4. The van der Waals surface area contributed by atoms with Crippen LogP contribution in [0.3, 0.4) is 0 Å². The molecule has 0 heterocycles. The van der Waals surface area contributed by atoms with Crippen molar-refractivity contribution in [2.75, 3.05) is 0 Å². The van der Waals surface area contributed by atoms with Gasteiger partial charge < -0.3 is 5.11 Å². The molecule has 1 aliphatic rings. The molecule has 146 valence electrons. The molecule has 3 rings (SSSR count). The third-order valence-electron chi connectivity index (χ3n) is 6.01. The lowest BCUT2D eigenvalue weighted by Crippen LogP contribution is -2.34. The van der Waals surface area contributed by atoms with Gasteiger partial charge in [0.05, 0.1) is 0 Å². The lowest BCUT2D eigenvalue weighted by molar-refractivity contribution is -0.131. The largest absolute Gasteiger partial charge is 0.478 e. The maximum absolute atomic E-state index is 13.3. The number of aryl methyl sites for hydroxylation is 1. The van der Waals surface area contributed by atoms with Crippen molar-refractivity contribution in [2.24, 2.45) is 0 Å². The van der Waals surface area contributed by atoms with Gasteiger partial charge in [0, 0.05) is 17.2 Å². The number of fused-ring (bicyclic) bond motifs is 1. The molecule has 3 nitrogen and oxygen atoms in total. The summed E-state index contributed by atoms with van der Waals surface area (Å²) in [7, 11) is 0. The van der Waals surface area contributed by atoms with Gasteiger partial charge in [-0.05, 0) is 71.1 Å². The van der Waals surface area contributed by atoms with Crippen LogP contribution in [0.25, 0.3) is 6.08 Å². The van der Waals surface area contributed by atoms with Crippen molar-refractivity contribution < 1.29 is 14.7 Å². The summed E-state index contributed by atoms with van der Waals surface area (Å²) in [6.45, 7) is 11.1. The van der Waals surface area contributed by atoms with E-state index in [2.05, 4.69) is 39.8 Å². The third kappa shape index (κ3) is 3.80. The number of aliphatic carboxylic acids is 1. The van der Waals surface area contributed by atoms with Crippen LogP contribution in [0.4, 0.5) is 0 Å². The molecule has 0 unspecified atom stereocenters. The van der Waals surface area contributed by atoms with E-state index in [0.29, 0.717) is 11.1 Å². The highest BCUT2D eigenvalue weighted by Gasteiger charge is 2.37. The molecule has 1 aliphatic carbocycles. The van der Waals surface area contributed by atoms with Crippen molar-refractivity contribution in [3.8, 4) is 0 Å². The lowest BCUT2D eigenvalue weighted by atomic mass is 9.62. The summed E-state index contributed by atoms with van der Waals surface area (Å²) in [6.07, 6.45) is 4.82. The van der Waals surface area contributed by atoms with E-state index in [4.69, 9.17) is 5.11 Å². The zero-order valence-corrected chi connectivity index (χ0v) is 17.3. The molecule has 2 aromatic carbocycles. The summed E-state index contributed by atoms with van der Waals surface area (Å²) in [5, 5.41) is 8.82. The highest BCUT2D eigenvalue weighted by Crippen LogP contribution is 2.46. The van der Waals surface area contributed by atoms with Crippen LogP contribution in [0.5, 0.6) is 0 Å². The van der Waals surface area contributed by atoms with Crippen LogP contribution in [-0.2, 0) is 15.6 Å². The molecule has 0 bridgehead atoms. The molecule has 0 saturated carbocycles. The normalized spacial score (nSPS) is 17.3. The van der Waals surface area contributed by atoms with Crippen LogP contribution in [0.15, 0.2) is 42.5 Å². The van der Waals surface area contributed by atoms with Gasteiger partial charge in [-0.3, -0.25) is 4.79 Å². The molecular formula is C25H28O3. The van der Waals surface area contributed by atoms with Crippen LogP contribution in [0.1, 0.15) is 78.7 Å². The number of carbonyl (C=O) groups is 2. The Morgan fingerprint density at radius 1 is 0.964 bits per heavy atom. The van der Waals surface area contributed by atoms with Crippen LogP contribution in [0.2, 0.25) is 0 Å². The Morgan fingerprint density at radius 3 is 2.18 bits per heavy atom. The molecule has 0 fully saturated rings. The summed E-state index contributed by atoms with van der Waals surface area (Å²) < 4.78 is 0. The van der Waals surface area contributed by atoms with Crippen LogP contribution in [0, 0.1) is 6.92 Å². The van der Waals surface area contributed by atoms with E-state index in [1.807, 2.05) is 6.92 Å². The second-order valence-electron chi connectivity index (χ2n) is 9.11. The van der Waals surface area contributed by atoms with E-state index < -0.39 is 5.97 Å². The van der Waals surface area contributed by atoms with Crippen molar-refractivity contribution in [1.82, 2.24) is 0 Å². The number of rotatable bonds is 4. The number of carbonyl (C=O) groups excluding carboxylic acids is 1. The molecule has 2 aromatic rings. The highest BCUT2D eigenvalue weighted by molar-refractivity contribution is 6.10. The molecule has 0 aliphatic heterocycles. The van der Waals surface area contributed by atoms with Crippen molar-refractivity contribution in [2.45, 2.75) is 58.3 Å². The molecule has 0 aromatic heterocycles. The average Bonchev–Trinajstić information content (AvgIpc) is 2.63. The number of carboxylic acid groups (broad SMARTS) is 1. The average molecular weight is 376 g/mol. The fraction of sp³-hybridized carbons (Fsp3) is 0.360. The Hall–Kier alpha value is -2.68. The van der Waals surface area contributed by atoms with Gasteiger partial charge in [-0.15, -0.1) is 0 Å². The van der Waals surface area contributed by atoms with Gasteiger partial charge in [-0.2, -0.15) is 0 Å². The van der Waals surface area contributed by atoms with E-state index in [0.717, 1.165) is 30.0 Å². The minimum absolute atomic E-state index is 0.0231. The molecule has 3 heteroatoms. The second-order valence-corrected chi connectivity index (χ2v) is 9.11. The molecule has 0 spiro atoms. The molecule has 1 N–H and O–H groups in total. The van der Waals surface area contributed by atoms with Gasteiger partial charge in [-0.1, -0.05) is 52.0 Å². The molecular weight excluding hydrogens is 348 g/mol. The van der Waals surface area contributed by atoms with Crippen LogP contribution >= 0.6 is 0 Å². The van der Waals surface area contributed by atoms with Crippen molar-refractivity contribution in [3.05, 3.63) is 75.9 Å². The maximum Gasteiger partial charge on any atom is 0.328 e. The van der Waals surface area contributed by atoms with Gasteiger partial charge >= 0.3 is 5.97 Å². The van der Waals surface area contributed by atoms with Gasteiger partial charge in [0.2, 0.25) is 0 Å². The van der Waals surface area contributed by atoms with Crippen molar-refractivity contribution >= 4 is 17.8 Å². The quantitative estimate of drug-likeness (QED) is 0.552. The van der Waals surface area contributed by atoms with Gasteiger partial charge in [0.25, 0.3) is 0 Å². The Morgan fingerprint density at radius 2 is 1.57 bits per heavy atom. The zero-order chi connectivity index (χ0) is 20.7. The second kappa shape index (κ2) is 7.05. The zero-order valence-electron chi connectivity index (χ0n) is 17.3. The third-order valence-corrected chi connectivity index (χ3v) is 6.01. The van der Waals surface area contributed by atoms with Gasteiger partial charge in [-0.25, -0.2) is 4.79 Å². The van der Waals surface area contributed by atoms with E-state index in [1.54, 1.807) is 24.3 Å². The van der Waals surface area contributed by atoms with E-state index >= 15 is 0 Å². The first-order valence-electron chi connectivity index (χ1n) is 9.73. The smallest absolute Gasteiger partial charge is 0.328 e. The van der Waals surface area contributed by atoms with Gasteiger partial charge in [0.1, 0.15) is 0 Å². The predicted molar refractivity (Wildman–Crippen MR) is 113 cm³/mol. The topological polar surface area (TPSA) is 54.4 Å². The first kappa shape index (κ1) is 20.1. The van der Waals surface area contributed by atoms with Crippen molar-refractivity contribution in [1.29, 1.82) is 0 Å². The molecule has 0 amide bonds. The van der Waals surface area contributed by atoms with E-state index in [-0.39, 0.29) is 16.6 Å². The fourth-order valence-electron chi connectivity index (χ4n) is 4.07. The summed E-state index contributed by atoms with van der Waals surface area (Å²) in [6, 6.07) is 11.4. The monoisotopic (exact) mass is 376 g/mol. The summed E-state index contributed by atoms with van der Waals surface area (Å²) in [5.41, 5.74) is 5.74. The number of ketones is 1. The first-order valence-corrected chi connectivity index (χ1v) is 9.73. The standard InChI is InChI=1S/C25H28O3/c1-16-13-20-21(25(4,5)12-11-24(20,2)3)15-19(16)23(28)18-8-6-7-17(14-18)9-10-22(26)27/h6-10,13-15H,11-12H2,1-5H3,(H,26,27). The Kier molecular flexibility index (Phi) is 5.05. The number of benzene rings is 2. The van der Waals surface area contributed by atoms with Crippen LogP contribution < -0.4 is 0 Å². The number of hydrogen-bond acceptors (Lipinski definition) is 2. The Labute approximate surface area is 167 Å². The number of hydrogen-bond donors (Lipinski definition) is 1. The maximum atomic E-state index is 13.3. The molecule has 0 atom stereocenters. The van der Waals surface area contributed by atoms with Crippen molar-refractivity contribution in [3.63, 3.8) is 0 Å². The lowest BCUT2D eigenvalue weighted by Gasteiger charge is -2.42. The van der Waals surface area contributed by atoms with Gasteiger partial charge in [0.15, 0.2) is 5.78 Å².